The minimum Gasteiger partial charge on any atom is -1.00 e. The molecule has 0 amide bonds. The van der Waals surface area contributed by atoms with Gasteiger partial charge < -0.3 is 21.6 Å². The van der Waals surface area contributed by atoms with E-state index in [1.54, 1.807) is 0 Å². The van der Waals surface area contributed by atoms with Gasteiger partial charge in [-0.2, -0.15) is 0 Å². The average Bonchev–Trinajstić information content (AvgIpc) is 1.69. The molecule has 1 aliphatic rings. The van der Waals surface area contributed by atoms with Crippen molar-refractivity contribution in [3.63, 3.8) is 0 Å². The first kappa shape index (κ1) is 8.43. The molecule has 0 aromatic carbocycles. The summed E-state index contributed by atoms with van der Waals surface area (Å²) in [6.07, 6.45) is 2.29. The lowest BCUT2D eigenvalue weighted by molar-refractivity contribution is -0.00000412. The summed E-state index contributed by atoms with van der Waals surface area (Å²) in [7, 11) is -1.29. The normalized spacial score (nSPS) is 22.1. The third-order valence-electron chi connectivity index (χ3n) is 1.05. The Hall–Kier alpha value is 0.427. The van der Waals surface area contributed by atoms with Crippen molar-refractivity contribution >= 4 is 9.28 Å². The Morgan fingerprint density at radius 3 is 2.38 bits per heavy atom. The molecule has 0 aromatic rings. The van der Waals surface area contributed by atoms with Crippen LogP contribution in [0.1, 0.15) is 12.8 Å². The van der Waals surface area contributed by atoms with Gasteiger partial charge in [0.15, 0.2) is 0 Å². The minimum absolute atomic E-state index is 0. The van der Waals surface area contributed by atoms with Gasteiger partial charge in [-0.1, -0.05) is 0 Å². The Morgan fingerprint density at radius 1 is 1.38 bits per heavy atom. The first-order valence-corrected chi connectivity index (χ1v) is 4.13. The van der Waals surface area contributed by atoms with E-state index in [4.69, 9.17) is 9.22 Å². The summed E-state index contributed by atoms with van der Waals surface area (Å²) in [5, 5.41) is 0. The van der Waals surface area contributed by atoms with Gasteiger partial charge in [0.25, 0.3) is 0 Å². The van der Waals surface area contributed by atoms with Gasteiger partial charge in [-0.25, -0.2) is 0 Å². The van der Waals surface area contributed by atoms with Gasteiger partial charge in [0, 0.05) is 6.61 Å². The molecule has 49 valence electrons. The van der Waals surface area contributed by atoms with E-state index in [2.05, 4.69) is 0 Å². The van der Waals surface area contributed by atoms with Crippen LogP contribution in [0, 0.1) is 0 Å². The number of rotatable bonds is 0. The number of halogens is 1. The summed E-state index contributed by atoms with van der Waals surface area (Å²) in [5.41, 5.74) is 0. The molecule has 1 heterocycles. The van der Waals surface area contributed by atoms with Gasteiger partial charge in [0.2, 0.25) is 0 Å². The van der Waals surface area contributed by atoms with Crippen LogP contribution in [0.5, 0.6) is 0 Å². The van der Waals surface area contributed by atoms with Crippen molar-refractivity contribution in [2.45, 2.75) is 18.9 Å². The zero-order valence-electron chi connectivity index (χ0n) is 4.56. The van der Waals surface area contributed by atoms with Crippen LogP contribution >= 0.6 is 0 Å². The monoisotopic (exact) mass is 152 g/mol. The largest absolute Gasteiger partial charge is 1.00 e. The van der Waals surface area contributed by atoms with E-state index < -0.39 is 9.28 Å². The molecule has 1 rings (SSSR count). The fourth-order valence-electron chi connectivity index (χ4n) is 0.640. The van der Waals surface area contributed by atoms with E-state index in [9.17, 15) is 0 Å². The van der Waals surface area contributed by atoms with Crippen LogP contribution in [0.3, 0.4) is 0 Å². The van der Waals surface area contributed by atoms with Crippen molar-refractivity contribution in [2.75, 3.05) is 6.61 Å². The Balaban J connectivity index is 0.000000490. The van der Waals surface area contributed by atoms with E-state index in [1.807, 2.05) is 0 Å². The van der Waals surface area contributed by atoms with Crippen molar-refractivity contribution in [1.82, 2.24) is 0 Å². The molecule has 2 nitrogen and oxygen atoms in total. The van der Waals surface area contributed by atoms with Gasteiger partial charge in [-0.3, -0.25) is 0 Å². The first-order valence-electron chi connectivity index (χ1n) is 2.57. The second-order valence-electron chi connectivity index (χ2n) is 1.70. The second kappa shape index (κ2) is 4.32. The van der Waals surface area contributed by atoms with Gasteiger partial charge in [-0.05, 0) is 18.9 Å². The molecule has 1 radical (unpaired) electrons. The Bertz CT molecular complexity index is 56.0. The molecule has 0 aromatic heterocycles. The number of hydrogen-bond donors (Lipinski definition) is 1. The summed E-state index contributed by atoms with van der Waals surface area (Å²) in [4.78, 5) is 8.79. The van der Waals surface area contributed by atoms with E-state index in [0.717, 1.165) is 25.5 Å². The lowest BCUT2D eigenvalue weighted by Gasteiger charge is -2.12. The van der Waals surface area contributed by atoms with Crippen LogP contribution < -0.4 is 12.4 Å². The molecule has 1 aliphatic heterocycles. The van der Waals surface area contributed by atoms with Gasteiger partial charge >= 0.3 is 9.28 Å². The minimum atomic E-state index is -1.29. The van der Waals surface area contributed by atoms with Crippen molar-refractivity contribution < 1.29 is 21.6 Å². The Labute approximate surface area is 57.1 Å². The highest BCUT2D eigenvalue weighted by atomic mass is 35.5. The van der Waals surface area contributed by atoms with E-state index in [1.165, 1.54) is 0 Å². The maximum absolute atomic E-state index is 8.79. The maximum atomic E-state index is 8.79. The van der Waals surface area contributed by atoms with Crippen LogP contribution in [0.4, 0.5) is 0 Å². The van der Waals surface area contributed by atoms with E-state index in [0.29, 0.717) is 0 Å². The Kier molecular flexibility index (Phi) is 4.55. The summed E-state index contributed by atoms with van der Waals surface area (Å²) in [6, 6.07) is 0.921. The van der Waals surface area contributed by atoms with Gasteiger partial charge in [-0.15, -0.1) is 0 Å². The molecule has 1 saturated heterocycles. The third kappa shape index (κ3) is 2.67. The molecular formula is C4H9ClO2Si-. The highest BCUT2D eigenvalue weighted by Gasteiger charge is 2.13. The topological polar surface area (TPSA) is 29.5 Å². The van der Waals surface area contributed by atoms with Gasteiger partial charge in [0.1, 0.15) is 0 Å². The van der Waals surface area contributed by atoms with Crippen LogP contribution in [-0.2, 0) is 4.43 Å². The summed E-state index contributed by atoms with van der Waals surface area (Å²) in [6.45, 7) is 0.783. The maximum Gasteiger partial charge on any atom is 0.381 e. The zero-order chi connectivity index (χ0) is 5.11. The van der Waals surface area contributed by atoms with Gasteiger partial charge in [0.05, 0.1) is 0 Å². The molecule has 4 heteroatoms. The SMILES string of the molecule is O[Si]1CCCCO1.[Cl-]. The second-order valence-corrected chi connectivity index (χ2v) is 3.28. The average molecular weight is 153 g/mol. The zero-order valence-corrected chi connectivity index (χ0v) is 6.32. The van der Waals surface area contributed by atoms with Crippen molar-refractivity contribution in [1.29, 1.82) is 0 Å². The molecule has 0 saturated carbocycles. The highest BCUT2D eigenvalue weighted by molar-refractivity contribution is 6.42. The van der Waals surface area contributed by atoms with E-state index in [-0.39, 0.29) is 12.4 Å². The molecule has 0 bridgehead atoms. The van der Waals surface area contributed by atoms with Crippen LogP contribution in [0.25, 0.3) is 0 Å². The van der Waals surface area contributed by atoms with Crippen molar-refractivity contribution in [2.24, 2.45) is 0 Å². The summed E-state index contributed by atoms with van der Waals surface area (Å²) in [5.74, 6) is 0. The molecular weight excluding hydrogens is 144 g/mol. The molecule has 0 aliphatic carbocycles. The molecule has 1 fully saturated rings. The smallest absolute Gasteiger partial charge is 0.381 e. The lowest BCUT2D eigenvalue weighted by atomic mass is 10.4. The molecule has 0 unspecified atom stereocenters. The van der Waals surface area contributed by atoms with Crippen LogP contribution in [0.2, 0.25) is 6.04 Å². The molecule has 8 heavy (non-hydrogen) atoms. The predicted octanol–water partition coefficient (Wildman–Crippen LogP) is -2.72. The molecule has 1 N–H and O–H groups in total. The molecule has 0 spiro atoms. The fourth-order valence-corrected chi connectivity index (χ4v) is 1.72. The highest BCUT2D eigenvalue weighted by Crippen LogP contribution is 2.07. The summed E-state index contributed by atoms with van der Waals surface area (Å²) >= 11 is 0. The Morgan fingerprint density at radius 2 is 2.12 bits per heavy atom. The summed E-state index contributed by atoms with van der Waals surface area (Å²) < 4.78 is 4.94. The van der Waals surface area contributed by atoms with Crippen LogP contribution in [0.15, 0.2) is 0 Å². The van der Waals surface area contributed by atoms with Crippen molar-refractivity contribution in [3.8, 4) is 0 Å². The standard InChI is InChI=1S/C4H9O2Si.ClH/c5-7-4-2-1-3-6-7;/h5H,1-4H2;1H/p-1. The quantitative estimate of drug-likeness (QED) is 0.383. The fraction of sp³-hybridized carbons (Fsp3) is 1.00. The lowest BCUT2D eigenvalue weighted by Crippen LogP contribution is -3.00. The van der Waals surface area contributed by atoms with Crippen molar-refractivity contribution in [3.05, 3.63) is 0 Å². The number of hydrogen-bond acceptors (Lipinski definition) is 2. The predicted molar refractivity (Wildman–Crippen MR) is 28.0 cm³/mol. The third-order valence-corrected chi connectivity index (χ3v) is 2.37. The van der Waals surface area contributed by atoms with E-state index >= 15 is 0 Å². The molecule has 0 atom stereocenters. The first-order chi connectivity index (χ1) is 3.39. The van der Waals surface area contributed by atoms with Crippen LogP contribution in [-0.4, -0.2) is 20.7 Å².